The number of carbonyl (C=O) groups is 2. The van der Waals surface area contributed by atoms with Gasteiger partial charge >= 0.3 is 0 Å². The first-order valence-corrected chi connectivity index (χ1v) is 7.18. The Bertz CT molecular complexity index is 640. The van der Waals surface area contributed by atoms with Crippen LogP contribution in [-0.4, -0.2) is 16.8 Å². The molecule has 3 N–H and O–H groups in total. The van der Waals surface area contributed by atoms with Crippen LogP contribution in [0.3, 0.4) is 0 Å². The van der Waals surface area contributed by atoms with Crippen LogP contribution in [0, 0.1) is 5.82 Å². The van der Waals surface area contributed by atoms with E-state index < -0.39 is 5.91 Å². The molecule has 0 saturated carbocycles. The summed E-state index contributed by atoms with van der Waals surface area (Å²) in [5.74, 6) is -0.943. The van der Waals surface area contributed by atoms with Crippen molar-refractivity contribution in [3.63, 3.8) is 0 Å². The number of hydrogen-bond acceptors (Lipinski definition) is 4. The van der Waals surface area contributed by atoms with Crippen LogP contribution in [0.1, 0.15) is 17.7 Å². The van der Waals surface area contributed by atoms with Gasteiger partial charge in [-0.25, -0.2) is 9.37 Å². The number of amides is 2. The van der Waals surface area contributed by atoms with Gasteiger partial charge in [0.05, 0.1) is 12.1 Å². The van der Waals surface area contributed by atoms with Gasteiger partial charge < -0.3 is 11.1 Å². The van der Waals surface area contributed by atoms with E-state index in [2.05, 4.69) is 10.3 Å². The number of benzene rings is 1. The summed E-state index contributed by atoms with van der Waals surface area (Å²) in [6.07, 6.45) is 0.851. The molecule has 21 heavy (non-hydrogen) atoms. The largest absolute Gasteiger partial charge is 0.369 e. The molecule has 1 aromatic heterocycles. The van der Waals surface area contributed by atoms with Crippen LogP contribution in [0.5, 0.6) is 0 Å². The minimum absolute atomic E-state index is 0.0575. The second-order valence-electron chi connectivity index (χ2n) is 4.46. The molecule has 5 nitrogen and oxygen atoms in total. The first-order valence-electron chi connectivity index (χ1n) is 6.30. The van der Waals surface area contributed by atoms with Crippen molar-refractivity contribution in [2.45, 2.75) is 19.3 Å². The van der Waals surface area contributed by atoms with Crippen LogP contribution in [0.15, 0.2) is 29.6 Å². The first kappa shape index (κ1) is 15.1. The van der Waals surface area contributed by atoms with Gasteiger partial charge in [0, 0.05) is 11.8 Å². The number of rotatable bonds is 6. The molecule has 0 aliphatic rings. The van der Waals surface area contributed by atoms with Crippen molar-refractivity contribution in [2.75, 3.05) is 5.32 Å². The second-order valence-corrected chi connectivity index (χ2v) is 5.32. The summed E-state index contributed by atoms with van der Waals surface area (Å²) in [5.41, 5.74) is 6.50. The smallest absolute Gasteiger partial charge is 0.226 e. The molecule has 1 aromatic carbocycles. The normalized spacial score (nSPS) is 10.3. The van der Waals surface area contributed by atoms with Gasteiger partial charge in [0.2, 0.25) is 11.8 Å². The molecular weight excluding hydrogens is 293 g/mol. The van der Waals surface area contributed by atoms with Gasteiger partial charge in [0.1, 0.15) is 5.82 Å². The van der Waals surface area contributed by atoms with Crippen LogP contribution in [0.4, 0.5) is 9.52 Å². The Hall–Kier alpha value is -2.28. The summed E-state index contributed by atoms with van der Waals surface area (Å²) in [6.45, 7) is 0. The number of aryl methyl sites for hydroxylation is 1. The SMILES string of the molecule is NC(=O)Cc1csc(NC(=O)CCc2ccc(F)cc2)n1. The van der Waals surface area contributed by atoms with Gasteiger partial charge in [-0.3, -0.25) is 9.59 Å². The molecule has 0 aliphatic carbocycles. The number of primary amides is 1. The van der Waals surface area contributed by atoms with E-state index in [1.54, 1.807) is 17.5 Å². The highest BCUT2D eigenvalue weighted by Gasteiger charge is 2.08. The minimum atomic E-state index is -0.463. The zero-order chi connectivity index (χ0) is 15.2. The standard InChI is InChI=1S/C14H14FN3O2S/c15-10-4-1-9(2-5-10)3-6-13(20)18-14-17-11(8-21-14)7-12(16)19/h1-2,4-5,8H,3,6-7H2,(H2,16,19)(H,17,18,20). The fourth-order valence-electron chi connectivity index (χ4n) is 1.71. The molecule has 0 fully saturated rings. The number of thiazole rings is 1. The van der Waals surface area contributed by atoms with Gasteiger partial charge in [-0.1, -0.05) is 12.1 Å². The van der Waals surface area contributed by atoms with E-state index >= 15 is 0 Å². The average Bonchev–Trinajstić information content (AvgIpc) is 2.84. The Morgan fingerprint density at radius 2 is 2.00 bits per heavy atom. The number of halogens is 1. The maximum atomic E-state index is 12.7. The Morgan fingerprint density at radius 1 is 1.29 bits per heavy atom. The minimum Gasteiger partial charge on any atom is -0.369 e. The topological polar surface area (TPSA) is 85.1 Å². The first-order chi connectivity index (χ1) is 10.0. The van der Waals surface area contributed by atoms with Crippen LogP contribution in [-0.2, 0) is 22.4 Å². The van der Waals surface area contributed by atoms with E-state index in [1.807, 2.05) is 0 Å². The number of carbonyl (C=O) groups excluding carboxylic acids is 2. The van der Waals surface area contributed by atoms with E-state index in [9.17, 15) is 14.0 Å². The van der Waals surface area contributed by atoms with Gasteiger partial charge in [0.25, 0.3) is 0 Å². The van der Waals surface area contributed by atoms with Crippen LogP contribution in [0.2, 0.25) is 0 Å². The Kier molecular flexibility index (Phi) is 4.99. The fraction of sp³-hybridized carbons (Fsp3) is 0.214. The average molecular weight is 307 g/mol. The fourth-order valence-corrected chi connectivity index (χ4v) is 2.44. The van der Waals surface area contributed by atoms with Crippen molar-refractivity contribution >= 4 is 28.3 Å². The van der Waals surface area contributed by atoms with E-state index in [4.69, 9.17) is 5.73 Å². The molecule has 2 rings (SSSR count). The Balaban J connectivity index is 1.82. The summed E-state index contributed by atoms with van der Waals surface area (Å²) in [4.78, 5) is 26.6. The summed E-state index contributed by atoms with van der Waals surface area (Å²) >= 11 is 1.24. The van der Waals surface area contributed by atoms with E-state index in [-0.39, 0.29) is 24.6 Å². The predicted molar refractivity (Wildman–Crippen MR) is 78.4 cm³/mol. The number of hydrogen-bond donors (Lipinski definition) is 2. The number of anilines is 1. The molecule has 1 heterocycles. The predicted octanol–water partition coefficient (Wildman–Crippen LogP) is 1.88. The van der Waals surface area contributed by atoms with E-state index in [0.29, 0.717) is 17.2 Å². The maximum absolute atomic E-state index is 12.7. The zero-order valence-electron chi connectivity index (χ0n) is 11.1. The lowest BCUT2D eigenvalue weighted by Crippen LogP contribution is -2.14. The summed E-state index contributed by atoms with van der Waals surface area (Å²) in [6, 6.07) is 6.03. The molecule has 0 radical (unpaired) electrons. The number of aromatic nitrogens is 1. The molecule has 0 atom stereocenters. The molecule has 2 amide bonds. The molecule has 110 valence electrons. The monoisotopic (exact) mass is 307 g/mol. The third-order valence-electron chi connectivity index (χ3n) is 2.71. The lowest BCUT2D eigenvalue weighted by Gasteiger charge is -2.02. The van der Waals surface area contributed by atoms with Gasteiger partial charge in [-0.2, -0.15) is 0 Å². The molecule has 0 aliphatic heterocycles. The lowest BCUT2D eigenvalue weighted by molar-refractivity contribution is -0.117. The Labute approximate surface area is 125 Å². The highest BCUT2D eigenvalue weighted by molar-refractivity contribution is 7.13. The van der Waals surface area contributed by atoms with Crippen molar-refractivity contribution in [3.8, 4) is 0 Å². The van der Waals surface area contributed by atoms with E-state index in [0.717, 1.165) is 5.56 Å². The second kappa shape index (κ2) is 6.94. The molecule has 0 unspecified atom stereocenters. The van der Waals surface area contributed by atoms with Crippen molar-refractivity contribution < 1.29 is 14.0 Å². The van der Waals surface area contributed by atoms with Crippen LogP contribution < -0.4 is 11.1 Å². The summed E-state index contributed by atoms with van der Waals surface area (Å²) in [5, 5.41) is 4.78. The molecule has 2 aromatic rings. The lowest BCUT2D eigenvalue weighted by atomic mass is 10.1. The van der Waals surface area contributed by atoms with Gasteiger partial charge in [-0.05, 0) is 24.1 Å². The maximum Gasteiger partial charge on any atom is 0.226 e. The summed E-state index contributed by atoms with van der Waals surface area (Å²) < 4.78 is 12.7. The van der Waals surface area contributed by atoms with Gasteiger partial charge in [-0.15, -0.1) is 11.3 Å². The van der Waals surface area contributed by atoms with Crippen molar-refractivity contribution in [1.29, 1.82) is 0 Å². The van der Waals surface area contributed by atoms with E-state index in [1.165, 1.54) is 23.5 Å². The van der Waals surface area contributed by atoms with Crippen molar-refractivity contribution in [1.82, 2.24) is 4.98 Å². The summed E-state index contributed by atoms with van der Waals surface area (Å²) in [7, 11) is 0. The van der Waals surface area contributed by atoms with Crippen LogP contribution >= 0.6 is 11.3 Å². The molecular formula is C14H14FN3O2S. The Morgan fingerprint density at radius 3 is 2.67 bits per heavy atom. The number of nitrogens with two attached hydrogens (primary N) is 1. The van der Waals surface area contributed by atoms with Gasteiger partial charge in [0.15, 0.2) is 5.13 Å². The number of nitrogens with zero attached hydrogens (tertiary/aromatic N) is 1. The number of nitrogens with one attached hydrogen (secondary N) is 1. The third kappa shape index (κ3) is 4.96. The molecule has 0 saturated heterocycles. The zero-order valence-corrected chi connectivity index (χ0v) is 12.0. The highest BCUT2D eigenvalue weighted by Crippen LogP contribution is 2.16. The van der Waals surface area contributed by atoms with Crippen molar-refractivity contribution in [3.05, 3.63) is 46.7 Å². The van der Waals surface area contributed by atoms with Crippen molar-refractivity contribution in [2.24, 2.45) is 5.73 Å². The highest BCUT2D eigenvalue weighted by atomic mass is 32.1. The molecule has 0 spiro atoms. The molecule has 0 bridgehead atoms. The third-order valence-corrected chi connectivity index (χ3v) is 3.51. The van der Waals surface area contributed by atoms with Crippen LogP contribution in [0.25, 0.3) is 0 Å². The molecule has 7 heteroatoms. The quantitative estimate of drug-likeness (QED) is 0.854.